The third-order valence-corrected chi connectivity index (χ3v) is 4.51. The minimum absolute atomic E-state index is 0.00102. The summed E-state index contributed by atoms with van der Waals surface area (Å²) >= 11 is 0. The van der Waals surface area contributed by atoms with Gasteiger partial charge in [-0.05, 0) is 36.8 Å². The number of halogens is 1. The summed E-state index contributed by atoms with van der Waals surface area (Å²) in [5, 5.41) is 3.01. The lowest BCUT2D eigenvalue weighted by Gasteiger charge is -2.35. The SMILES string of the molecule is Cc1ccc(C(=O)NC[C@H](c2ccc(F)cc2)N2CCOCC2)cc1. The van der Waals surface area contributed by atoms with Crippen LogP contribution >= 0.6 is 0 Å². The van der Waals surface area contributed by atoms with Crippen molar-refractivity contribution in [2.24, 2.45) is 0 Å². The Kier molecular flexibility index (Phi) is 5.79. The Morgan fingerprint density at radius 2 is 1.76 bits per heavy atom. The first-order chi connectivity index (χ1) is 12.1. The molecule has 132 valence electrons. The predicted octanol–water partition coefficient (Wildman–Crippen LogP) is 2.94. The Balaban J connectivity index is 1.71. The van der Waals surface area contributed by atoms with Gasteiger partial charge in [-0.15, -0.1) is 0 Å². The fraction of sp³-hybridized carbons (Fsp3) is 0.350. The Bertz CT molecular complexity index is 695. The van der Waals surface area contributed by atoms with Crippen molar-refractivity contribution in [1.82, 2.24) is 10.2 Å². The van der Waals surface area contributed by atoms with Gasteiger partial charge in [-0.2, -0.15) is 0 Å². The molecule has 1 heterocycles. The molecule has 0 radical (unpaired) electrons. The zero-order valence-electron chi connectivity index (χ0n) is 14.4. The van der Waals surface area contributed by atoms with Crippen molar-refractivity contribution in [3.63, 3.8) is 0 Å². The standard InChI is InChI=1S/C20H23FN2O2/c1-15-2-4-17(5-3-15)20(24)22-14-19(23-10-12-25-13-11-23)16-6-8-18(21)9-7-16/h2-9,19H,10-14H2,1H3,(H,22,24)/t19-/m1/s1. The van der Waals surface area contributed by atoms with Crippen LogP contribution in [0, 0.1) is 12.7 Å². The summed E-state index contributed by atoms with van der Waals surface area (Å²) in [6.07, 6.45) is 0. The van der Waals surface area contributed by atoms with Gasteiger partial charge in [0.1, 0.15) is 5.82 Å². The van der Waals surface area contributed by atoms with Crippen LogP contribution in [-0.2, 0) is 4.74 Å². The van der Waals surface area contributed by atoms with Crippen molar-refractivity contribution in [2.75, 3.05) is 32.8 Å². The molecule has 25 heavy (non-hydrogen) atoms. The van der Waals surface area contributed by atoms with Crippen molar-refractivity contribution in [3.05, 3.63) is 71.0 Å². The highest BCUT2D eigenvalue weighted by molar-refractivity contribution is 5.94. The fourth-order valence-electron chi connectivity index (χ4n) is 3.03. The Hall–Kier alpha value is -2.24. The van der Waals surface area contributed by atoms with E-state index in [0.717, 1.165) is 24.2 Å². The molecule has 1 aliphatic heterocycles. The van der Waals surface area contributed by atoms with Gasteiger partial charge in [-0.3, -0.25) is 9.69 Å². The molecule has 2 aromatic rings. The first kappa shape index (κ1) is 17.6. The average Bonchev–Trinajstić information content (AvgIpc) is 2.64. The molecule has 0 spiro atoms. The number of carbonyl (C=O) groups excluding carboxylic acids is 1. The molecule has 1 N–H and O–H groups in total. The molecule has 1 aliphatic rings. The van der Waals surface area contributed by atoms with Crippen LogP contribution in [0.2, 0.25) is 0 Å². The second-order valence-corrected chi connectivity index (χ2v) is 6.29. The maximum Gasteiger partial charge on any atom is 0.251 e. The maximum atomic E-state index is 13.3. The van der Waals surface area contributed by atoms with Crippen LogP contribution in [-0.4, -0.2) is 43.7 Å². The molecule has 1 fully saturated rings. The Labute approximate surface area is 147 Å². The van der Waals surface area contributed by atoms with Crippen molar-refractivity contribution in [3.8, 4) is 0 Å². The van der Waals surface area contributed by atoms with E-state index >= 15 is 0 Å². The van der Waals surface area contributed by atoms with Gasteiger partial charge in [0.2, 0.25) is 0 Å². The van der Waals surface area contributed by atoms with Crippen LogP contribution in [0.3, 0.4) is 0 Å². The lowest BCUT2D eigenvalue weighted by Crippen LogP contribution is -2.43. The van der Waals surface area contributed by atoms with Gasteiger partial charge in [-0.25, -0.2) is 4.39 Å². The van der Waals surface area contributed by atoms with Crippen molar-refractivity contribution in [1.29, 1.82) is 0 Å². The molecule has 4 nitrogen and oxygen atoms in total. The number of rotatable bonds is 5. The van der Waals surface area contributed by atoms with Gasteiger partial charge < -0.3 is 10.1 Å². The summed E-state index contributed by atoms with van der Waals surface area (Å²) < 4.78 is 18.7. The lowest BCUT2D eigenvalue weighted by molar-refractivity contribution is 0.0162. The van der Waals surface area contributed by atoms with Crippen LogP contribution in [0.4, 0.5) is 4.39 Å². The fourth-order valence-corrected chi connectivity index (χ4v) is 3.03. The quantitative estimate of drug-likeness (QED) is 0.908. The van der Waals surface area contributed by atoms with E-state index in [1.165, 1.54) is 12.1 Å². The van der Waals surface area contributed by atoms with Gasteiger partial charge in [0, 0.05) is 25.2 Å². The maximum absolute atomic E-state index is 13.3. The summed E-state index contributed by atoms with van der Waals surface area (Å²) in [5.74, 6) is -0.353. The zero-order chi connectivity index (χ0) is 17.6. The summed E-state index contributed by atoms with van der Waals surface area (Å²) in [4.78, 5) is 14.7. The molecule has 1 amide bonds. The molecule has 1 atom stereocenters. The van der Waals surface area contributed by atoms with Crippen LogP contribution in [0.15, 0.2) is 48.5 Å². The highest BCUT2D eigenvalue weighted by Gasteiger charge is 2.23. The monoisotopic (exact) mass is 342 g/mol. The number of carbonyl (C=O) groups is 1. The van der Waals surface area contributed by atoms with E-state index in [0.29, 0.717) is 25.3 Å². The lowest BCUT2D eigenvalue weighted by atomic mass is 10.0. The Morgan fingerprint density at radius 3 is 2.40 bits per heavy atom. The van der Waals surface area contributed by atoms with Gasteiger partial charge in [-0.1, -0.05) is 29.8 Å². The molecule has 0 aromatic heterocycles. The highest BCUT2D eigenvalue weighted by Crippen LogP contribution is 2.22. The molecular weight excluding hydrogens is 319 g/mol. The average molecular weight is 342 g/mol. The molecule has 0 aliphatic carbocycles. The smallest absolute Gasteiger partial charge is 0.251 e. The molecule has 0 bridgehead atoms. The highest BCUT2D eigenvalue weighted by atomic mass is 19.1. The topological polar surface area (TPSA) is 41.6 Å². The van der Waals surface area contributed by atoms with Crippen LogP contribution in [0.5, 0.6) is 0 Å². The zero-order valence-corrected chi connectivity index (χ0v) is 14.4. The minimum Gasteiger partial charge on any atom is -0.379 e. The number of nitrogens with zero attached hydrogens (tertiary/aromatic N) is 1. The largest absolute Gasteiger partial charge is 0.379 e. The third kappa shape index (κ3) is 4.65. The molecule has 1 saturated heterocycles. The number of nitrogens with one attached hydrogen (secondary N) is 1. The molecule has 0 saturated carbocycles. The van der Waals surface area contributed by atoms with Crippen molar-refractivity contribution < 1.29 is 13.9 Å². The molecule has 0 unspecified atom stereocenters. The van der Waals surface area contributed by atoms with Crippen molar-refractivity contribution >= 4 is 5.91 Å². The first-order valence-corrected chi connectivity index (χ1v) is 8.55. The molecular formula is C20H23FN2O2. The van der Waals surface area contributed by atoms with E-state index in [9.17, 15) is 9.18 Å². The van der Waals surface area contributed by atoms with Gasteiger partial charge in [0.05, 0.1) is 19.3 Å². The van der Waals surface area contributed by atoms with E-state index in [-0.39, 0.29) is 17.8 Å². The summed E-state index contributed by atoms with van der Waals surface area (Å²) in [7, 11) is 0. The number of hydrogen-bond acceptors (Lipinski definition) is 3. The van der Waals surface area contributed by atoms with Crippen LogP contribution < -0.4 is 5.32 Å². The number of ether oxygens (including phenoxy) is 1. The van der Waals surface area contributed by atoms with E-state index < -0.39 is 0 Å². The minimum atomic E-state index is -0.256. The molecule has 5 heteroatoms. The number of aryl methyl sites for hydroxylation is 1. The first-order valence-electron chi connectivity index (χ1n) is 8.55. The van der Waals surface area contributed by atoms with Gasteiger partial charge >= 0.3 is 0 Å². The van der Waals surface area contributed by atoms with E-state index in [1.807, 2.05) is 31.2 Å². The predicted molar refractivity (Wildman–Crippen MR) is 95.0 cm³/mol. The van der Waals surface area contributed by atoms with Gasteiger partial charge in [0.25, 0.3) is 5.91 Å². The number of hydrogen-bond donors (Lipinski definition) is 1. The molecule has 2 aromatic carbocycles. The van der Waals surface area contributed by atoms with Crippen LogP contribution in [0.25, 0.3) is 0 Å². The normalized spacial score (nSPS) is 16.4. The molecule has 3 rings (SSSR count). The number of morpholine rings is 1. The van der Waals surface area contributed by atoms with Gasteiger partial charge in [0.15, 0.2) is 0 Å². The second-order valence-electron chi connectivity index (χ2n) is 6.29. The Morgan fingerprint density at radius 1 is 1.12 bits per heavy atom. The van der Waals surface area contributed by atoms with Crippen LogP contribution in [0.1, 0.15) is 27.5 Å². The van der Waals surface area contributed by atoms with E-state index in [2.05, 4.69) is 10.2 Å². The third-order valence-electron chi connectivity index (χ3n) is 4.51. The summed E-state index contributed by atoms with van der Waals surface area (Å²) in [6.45, 7) is 5.39. The van der Waals surface area contributed by atoms with Crippen molar-refractivity contribution in [2.45, 2.75) is 13.0 Å². The second kappa shape index (κ2) is 8.23. The number of amides is 1. The summed E-state index contributed by atoms with van der Waals surface area (Å²) in [6, 6.07) is 14.0. The summed E-state index contributed by atoms with van der Waals surface area (Å²) in [5.41, 5.74) is 2.76. The number of benzene rings is 2. The van der Waals surface area contributed by atoms with E-state index in [4.69, 9.17) is 4.74 Å². The van der Waals surface area contributed by atoms with E-state index in [1.54, 1.807) is 12.1 Å².